The number of para-hydroxylation sites is 2. The molecule has 0 bridgehead atoms. The third-order valence-corrected chi connectivity index (χ3v) is 2.74. The van der Waals surface area contributed by atoms with Crippen molar-refractivity contribution in [1.82, 2.24) is 19.9 Å². The SMILES string of the molecule is S=c1ccnc(Cc2nc3ccccc3[nH]2)[nH]1. The summed E-state index contributed by atoms with van der Waals surface area (Å²) in [4.78, 5) is 15.0. The molecule has 84 valence electrons. The van der Waals surface area contributed by atoms with Gasteiger partial charge in [-0.25, -0.2) is 9.97 Å². The van der Waals surface area contributed by atoms with Crippen molar-refractivity contribution in [3.63, 3.8) is 0 Å². The van der Waals surface area contributed by atoms with Crippen LogP contribution in [0.25, 0.3) is 11.0 Å². The lowest BCUT2D eigenvalue weighted by atomic mass is 10.3. The Morgan fingerprint density at radius 3 is 2.76 bits per heavy atom. The minimum absolute atomic E-state index is 0.624. The van der Waals surface area contributed by atoms with Gasteiger partial charge in [0.05, 0.1) is 17.5 Å². The van der Waals surface area contributed by atoms with Gasteiger partial charge in [0.15, 0.2) is 0 Å². The van der Waals surface area contributed by atoms with Crippen LogP contribution in [0.2, 0.25) is 0 Å². The number of nitrogens with zero attached hydrogens (tertiary/aromatic N) is 2. The molecule has 0 atom stereocenters. The van der Waals surface area contributed by atoms with E-state index in [0.717, 1.165) is 22.7 Å². The van der Waals surface area contributed by atoms with Gasteiger partial charge in [-0.1, -0.05) is 24.4 Å². The number of H-pyrrole nitrogens is 2. The molecule has 3 rings (SSSR count). The number of rotatable bonds is 2. The standard InChI is InChI=1S/C12H10N4S/c17-12-5-6-13-10(16-12)7-11-14-8-3-1-2-4-9(8)15-11/h1-6H,7H2,(H,14,15)(H,13,16,17). The van der Waals surface area contributed by atoms with E-state index in [2.05, 4.69) is 19.9 Å². The van der Waals surface area contributed by atoms with Crippen molar-refractivity contribution >= 4 is 23.3 Å². The smallest absolute Gasteiger partial charge is 0.114 e. The maximum Gasteiger partial charge on any atom is 0.114 e. The molecule has 0 spiro atoms. The Kier molecular flexibility index (Phi) is 2.45. The van der Waals surface area contributed by atoms with Crippen molar-refractivity contribution in [2.75, 3.05) is 0 Å². The molecule has 0 aliphatic carbocycles. The molecule has 3 aromatic rings. The largest absolute Gasteiger partial charge is 0.342 e. The van der Waals surface area contributed by atoms with E-state index in [-0.39, 0.29) is 0 Å². The molecule has 0 fully saturated rings. The highest BCUT2D eigenvalue weighted by Crippen LogP contribution is 2.11. The van der Waals surface area contributed by atoms with E-state index in [0.29, 0.717) is 11.1 Å². The van der Waals surface area contributed by atoms with Gasteiger partial charge in [-0.05, 0) is 18.2 Å². The minimum atomic E-state index is 0.624. The number of hydrogen-bond acceptors (Lipinski definition) is 3. The van der Waals surface area contributed by atoms with Crippen molar-refractivity contribution in [2.45, 2.75) is 6.42 Å². The zero-order valence-electron chi connectivity index (χ0n) is 8.97. The normalized spacial score (nSPS) is 10.8. The second-order valence-corrected chi connectivity index (χ2v) is 4.20. The molecular weight excluding hydrogens is 232 g/mol. The van der Waals surface area contributed by atoms with E-state index in [1.165, 1.54) is 0 Å². The minimum Gasteiger partial charge on any atom is -0.342 e. The first-order valence-electron chi connectivity index (χ1n) is 5.29. The second-order valence-electron chi connectivity index (χ2n) is 3.76. The Bertz CT molecular complexity index is 680. The third-order valence-electron chi connectivity index (χ3n) is 2.50. The lowest BCUT2D eigenvalue weighted by Gasteiger charge is -1.96. The van der Waals surface area contributed by atoms with E-state index in [4.69, 9.17) is 12.2 Å². The maximum absolute atomic E-state index is 5.05. The van der Waals surface area contributed by atoms with Gasteiger partial charge in [0, 0.05) is 6.20 Å². The predicted molar refractivity (Wildman–Crippen MR) is 68.3 cm³/mol. The molecule has 0 radical (unpaired) electrons. The summed E-state index contributed by atoms with van der Waals surface area (Å²) in [6.07, 6.45) is 2.33. The van der Waals surface area contributed by atoms with E-state index in [1.807, 2.05) is 24.3 Å². The van der Waals surface area contributed by atoms with Crippen LogP contribution in [-0.4, -0.2) is 19.9 Å². The maximum atomic E-state index is 5.05. The number of aromatic nitrogens is 4. The Hall–Kier alpha value is -2.01. The summed E-state index contributed by atoms with van der Waals surface area (Å²) in [5.74, 6) is 1.70. The summed E-state index contributed by atoms with van der Waals surface area (Å²) >= 11 is 5.05. The average Bonchev–Trinajstić information content (AvgIpc) is 2.71. The van der Waals surface area contributed by atoms with Crippen molar-refractivity contribution in [2.24, 2.45) is 0 Å². The molecule has 4 nitrogen and oxygen atoms in total. The summed E-state index contributed by atoms with van der Waals surface area (Å²) in [5.41, 5.74) is 2.01. The zero-order chi connectivity index (χ0) is 11.7. The van der Waals surface area contributed by atoms with Crippen LogP contribution in [0.3, 0.4) is 0 Å². The van der Waals surface area contributed by atoms with Crippen LogP contribution < -0.4 is 0 Å². The first-order chi connectivity index (χ1) is 8.31. The van der Waals surface area contributed by atoms with Crippen LogP contribution in [0.4, 0.5) is 0 Å². The number of hydrogen-bond donors (Lipinski definition) is 2. The lowest BCUT2D eigenvalue weighted by molar-refractivity contribution is 0.912. The Morgan fingerprint density at radius 2 is 1.94 bits per heavy atom. The molecule has 2 heterocycles. The van der Waals surface area contributed by atoms with Crippen molar-refractivity contribution < 1.29 is 0 Å². The van der Waals surface area contributed by atoms with Gasteiger partial charge >= 0.3 is 0 Å². The number of aromatic amines is 2. The highest BCUT2D eigenvalue weighted by Gasteiger charge is 2.03. The van der Waals surface area contributed by atoms with Crippen molar-refractivity contribution in [1.29, 1.82) is 0 Å². The van der Waals surface area contributed by atoms with Gasteiger partial charge in [-0.3, -0.25) is 0 Å². The topological polar surface area (TPSA) is 57.4 Å². The molecule has 17 heavy (non-hydrogen) atoms. The quantitative estimate of drug-likeness (QED) is 0.679. The molecular formula is C12H10N4S. The molecule has 1 aromatic carbocycles. The summed E-state index contributed by atoms with van der Waals surface area (Å²) in [6.45, 7) is 0. The Balaban J connectivity index is 1.97. The van der Waals surface area contributed by atoms with E-state index in [1.54, 1.807) is 12.3 Å². The molecule has 5 heteroatoms. The first kappa shape index (κ1) is 10.2. The van der Waals surface area contributed by atoms with Crippen LogP contribution >= 0.6 is 12.2 Å². The highest BCUT2D eigenvalue weighted by atomic mass is 32.1. The third kappa shape index (κ3) is 2.09. The lowest BCUT2D eigenvalue weighted by Crippen LogP contribution is -1.97. The molecule has 0 saturated heterocycles. The van der Waals surface area contributed by atoms with Crippen molar-refractivity contribution in [3.8, 4) is 0 Å². The summed E-state index contributed by atoms with van der Waals surface area (Å²) in [5, 5.41) is 0. The monoisotopic (exact) mass is 242 g/mol. The number of benzene rings is 1. The second kappa shape index (κ2) is 4.10. The number of imidazole rings is 1. The van der Waals surface area contributed by atoms with Gasteiger partial charge < -0.3 is 9.97 Å². The summed E-state index contributed by atoms with van der Waals surface area (Å²) < 4.78 is 0.686. The first-order valence-corrected chi connectivity index (χ1v) is 5.70. The summed E-state index contributed by atoms with van der Waals surface area (Å²) in [7, 11) is 0. The number of fused-ring (bicyclic) bond motifs is 1. The Morgan fingerprint density at radius 1 is 1.06 bits per heavy atom. The zero-order valence-corrected chi connectivity index (χ0v) is 9.79. The average molecular weight is 242 g/mol. The Labute approximate surface area is 103 Å². The van der Waals surface area contributed by atoms with Gasteiger partial charge in [0.2, 0.25) is 0 Å². The molecule has 2 N–H and O–H groups in total. The van der Waals surface area contributed by atoms with Gasteiger partial charge in [-0.15, -0.1) is 0 Å². The van der Waals surface area contributed by atoms with Gasteiger partial charge in [0.25, 0.3) is 0 Å². The van der Waals surface area contributed by atoms with E-state index >= 15 is 0 Å². The molecule has 0 unspecified atom stereocenters. The number of nitrogens with one attached hydrogen (secondary N) is 2. The molecule has 2 aromatic heterocycles. The predicted octanol–water partition coefficient (Wildman–Crippen LogP) is 2.61. The van der Waals surface area contributed by atoms with Gasteiger partial charge in [0.1, 0.15) is 16.3 Å². The highest BCUT2D eigenvalue weighted by molar-refractivity contribution is 7.71. The van der Waals surface area contributed by atoms with Crippen LogP contribution in [0.5, 0.6) is 0 Å². The summed E-state index contributed by atoms with van der Waals surface area (Å²) in [6, 6.07) is 9.71. The molecule has 0 aliphatic heterocycles. The van der Waals surface area contributed by atoms with E-state index < -0.39 is 0 Å². The van der Waals surface area contributed by atoms with Crippen LogP contribution in [-0.2, 0) is 6.42 Å². The fraction of sp³-hybridized carbons (Fsp3) is 0.0833. The van der Waals surface area contributed by atoms with Crippen molar-refractivity contribution in [3.05, 3.63) is 52.8 Å². The van der Waals surface area contributed by atoms with Crippen LogP contribution in [0.1, 0.15) is 11.6 Å². The fourth-order valence-electron chi connectivity index (χ4n) is 1.75. The molecule has 0 saturated carbocycles. The van der Waals surface area contributed by atoms with Crippen LogP contribution in [0.15, 0.2) is 36.5 Å². The van der Waals surface area contributed by atoms with Gasteiger partial charge in [-0.2, -0.15) is 0 Å². The fourth-order valence-corrected chi connectivity index (χ4v) is 1.93. The molecule has 0 amide bonds. The van der Waals surface area contributed by atoms with Crippen LogP contribution in [0, 0.1) is 4.64 Å². The molecule has 0 aliphatic rings. The van der Waals surface area contributed by atoms with E-state index in [9.17, 15) is 0 Å².